The third-order valence-electron chi connectivity index (χ3n) is 2.49. The van der Waals surface area contributed by atoms with Crippen molar-refractivity contribution in [2.75, 3.05) is 0 Å². The Bertz CT molecular complexity index is 665. The second-order valence-corrected chi connectivity index (χ2v) is 4.40. The summed E-state index contributed by atoms with van der Waals surface area (Å²) in [7, 11) is 0. The van der Waals surface area contributed by atoms with E-state index in [1.807, 2.05) is 13.8 Å². The molecule has 0 aliphatic rings. The minimum absolute atomic E-state index is 0.149. The standard InChI is InChI=1S/C11H14N4O3/c1-6(2)9-12-8(18-14-9)5-15-4-7(3)10(16)13-11(15)17/h4,6H,5H2,1-3H3,(H,13,16,17). The molecule has 0 atom stereocenters. The molecule has 96 valence electrons. The predicted molar refractivity (Wildman–Crippen MR) is 63.5 cm³/mol. The minimum Gasteiger partial charge on any atom is -0.337 e. The average molecular weight is 250 g/mol. The van der Waals surface area contributed by atoms with E-state index >= 15 is 0 Å². The molecule has 1 N–H and O–H groups in total. The smallest absolute Gasteiger partial charge is 0.328 e. The molecule has 0 aliphatic carbocycles. The molecule has 0 aliphatic heterocycles. The summed E-state index contributed by atoms with van der Waals surface area (Å²) < 4.78 is 6.37. The van der Waals surface area contributed by atoms with Crippen LogP contribution in [-0.2, 0) is 6.54 Å². The summed E-state index contributed by atoms with van der Waals surface area (Å²) in [5, 5.41) is 3.81. The van der Waals surface area contributed by atoms with Crippen molar-refractivity contribution in [3.63, 3.8) is 0 Å². The Morgan fingerprint density at radius 1 is 1.44 bits per heavy atom. The molecular formula is C11H14N4O3. The maximum Gasteiger partial charge on any atom is 0.328 e. The van der Waals surface area contributed by atoms with Crippen molar-refractivity contribution in [2.45, 2.75) is 33.2 Å². The number of nitrogens with one attached hydrogen (secondary N) is 1. The van der Waals surface area contributed by atoms with Crippen molar-refractivity contribution < 1.29 is 4.52 Å². The normalized spacial score (nSPS) is 11.1. The number of rotatable bonds is 3. The molecule has 0 bridgehead atoms. The van der Waals surface area contributed by atoms with E-state index in [9.17, 15) is 9.59 Å². The number of aryl methyl sites for hydroxylation is 1. The maximum atomic E-state index is 11.6. The van der Waals surface area contributed by atoms with Gasteiger partial charge in [-0.25, -0.2) is 4.79 Å². The number of nitrogens with zero attached hydrogens (tertiary/aromatic N) is 3. The van der Waals surface area contributed by atoms with Gasteiger partial charge in [-0.3, -0.25) is 14.3 Å². The summed E-state index contributed by atoms with van der Waals surface area (Å²) >= 11 is 0. The first-order chi connectivity index (χ1) is 8.47. The van der Waals surface area contributed by atoms with E-state index in [0.29, 0.717) is 17.3 Å². The fourth-order valence-corrected chi connectivity index (χ4v) is 1.45. The van der Waals surface area contributed by atoms with Crippen molar-refractivity contribution in [2.24, 2.45) is 0 Å². The first-order valence-electron chi connectivity index (χ1n) is 5.60. The Labute approximate surface area is 102 Å². The summed E-state index contributed by atoms with van der Waals surface area (Å²) in [5.41, 5.74) is -0.419. The second-order valence-electron chi connectivity index (χ2n) is 4.40. The Kier molecular flexibility index (Phi) is 3.14. The van der Waals surface area contributed by atoms with Gasteiger partial charge >= 0.3 is 5.69 Å². The number of H-pyrrole nitrogens is 1. The van der Waals surface area contributed by atoms with Crippen molar-refractivity contribution in [3.05, 3.63) is 44.3 Å². The molecule has 18 heavy (non-hydrogen) atoms. The van der Waals surface area contributed by atoms with Crippen molar-refractivity contribution in [3.8, 4) is 0 Å². The Morgan fingerprint density at radius 3 is 2.78 bits per heavy atom. The van der Waals surface area contributed by atoms with E-state index in [0.717, 1.165) is 0 Å². The lowest BCUT2D eigenvalue weighted by atomic mass is 10.2. The molecule has 2 heterocycles. The zero-order valence-electron chi connectivity index (χ0n) is 10.4. The van der Waals surface area contributed by atoms with E-state index in [1.165, 1.54) is 10.8 Å². The van der Waals surface area contributed by atoms with Crippen LogP contribution in [-0.4, -0.2) is 19.7 Å². The van der Waals surface area contributed by atoms with Gasteiger partial charge in [-0.05, 0) is 6.92 Å². The van der Waals surface area contributed by atoms with Gasteiger partial charge in [-0.1, -0.05) is 19.0 Å². The number of aromatic nitrogens is 4. The van der Waals surface area contributed by atoms with Crippen molar-refractivity contribution in [1.29, 1.82) is 0 Å². The quantitative estimate of drug-likeness (QED) is 0.850. The molecule has 7 nitrogen and oxygen atoms in total. The largest absolute Gasteiger partial charge is 0.337 e. The van der Waals surface area contributed by atoms with Gasteiger partial charge in [-0.15, -0.1) is 0 Å². The van der Waals surface area contributed by atoms with E-state index in [2.05, 4.69) is 15.1 Å². The molecule has 2 aromatic heterocycles. The fourth-order valence-electron chi connectivity index (χ4n) is 1.45. The van der Waals surface area contributed by atoms with Crippen LogP contribution in [0.15, 0.2) is 20.3 Å². The van der Waals surface area contributed by atoms with E-state index in [4.69, 9.17) is 4.52 Å². The molecule has 0 saturated heterocycles. The average Bonchev–Trinajstić information content (AvgIpc) is 2.74. The van der Waals surface area contributed by atoms with Crippen LogP contribution in [0, 0.1) is 6.92 Å². The SMILES string of the molecule is Cc1cn(Cc2nc(C(C)C)no2)c(=O)[nH]c1=O. The summed E-state index contributed by atoms with van der Waals surface area (Å²) in [6.45, 7) is 5.67. The van der Waals surface area contributed by atoms with Crippen LogP contribution < -0.4 is 11.2 Å². The van der Waals surface area contributed by atoms with Gasteiger partial charge in [0.2, 0.25) is 5.89 Å². The lowest BCUT2D eigenvalue weighted by Crippen LogP contribution is -2.31. The van der Waals surface area contributed by atoms with Crippen molar-refractivity contribution in [1.82, 2.24) is 19.7 Å². The molecule has 2 aromatic rings. The Balaban J connectivity index is 2.31. The van der Waals surface area contributed by atoms with Gasteiger partial charge < -0.3 is 4.52 Å². The zero-order valence-corrected chi connectivity index (χ0v) is 10.4. The summed E-state index contributed by atoms with van der Waals surface area (Å²) in [6, 6.07) is 0. The lowest BCUT2D eigenvalue weighted by molar-refractivity contribution is 0.362. The topological polar surface area (TPSA) is 93.8 Å². The van der Waals surface area contributed by atoms with Gasteiger partial charge in [0.15, 0.2) is 5.82 Å². The molecule has 0 unspecified atom stereocenters. The molecule has 0 aromatic carbocycles. The zero-order chi connectivity index (χ0) is 13.3. The molecule has 0 saturated carbocycles. The van der Waals surface area contributed by atoms with Gasteiger partial charge in [0.05, 0.1) is 0 Å². The molecule has 7 heteroatoms. The number of hydrogen-bond donors (Lipinski definition) is 1. The fraction of sp³-hybridized carbons (Fsp3) is 0.455. The monoisotopic (exact) mass is 250 g/mol. The molecule has 2 rings (SSSR count). The molecule has 0 radical (unpaired) electrons. The third-order valence-corrected chi connectivity index (χ3v) is 2.49. The van der Waals surface area contributed by atoms with Gasteiger partial charge in [0, 0.05) is 17.7 Å². The van der Waals surface area contributed by atoms with Gasteiger partial charge in [0.1, 0.15) is 6.54 Å². The van der Waals surface area contributed by atoms with E-state index < -0.39 is 5.69 Å². The van der Waals surface area contributed by atoms with Gasteiger partial charge in [0.25, 0.3) is 5.56 Å². The van der Waals surface area contributed by atoms with E-state index in [1.54, 1.807) is 6.92 Å². The van der Waals surface area contributed by atoms with Crippen LogP contribution in [0.1, 0.15) is 37.0 Å². The maximum absolute atomic E-state index is 11.6. The summed E-state index contributed by atoms with van der Waals surface area (Å²) in [6.07, 6.45) is 1.47. The van der Waals surface area contributed by atoms with Crippen molar-refractivity contribution >= 4 is 0 Å². The molecule has 0 fully saturated rings. The summed E-state index contributed by atoms with van der Waals surface area (Å²) in [5.74, 6) is 1.10. The highest BCUT2D eigenvalue weighted by Gasteiger charge is 2.11. The Hall–Kier alpha value is -2.18. The highest BCUT2D eigenvalue weighted by molar-refractivity contribution is 5.02. The highest BCUT2D eigenvalue weighted by Crippen LogP contribution is 2.09. The highest BCUT2D eigenvalue weighted by atomic mass is 16.5. The van der Waals surface area contributed by atoms with Crippen LogP contribution in [0.4, 0.5) is 0 Å². The molecule has 0 spiro atoms. The minimum atomic E-state index is -0.491. The van der Waals surface area contributed by atoms with Crippen LogP contribution >= 0.6 is 0 Å². The molecular weight excluding hydrogens is 236 g/mol. The van der Waals surface area contributed by atoms with Crippen LogP contribution in [0.5, 0.6) is 0 Å². The predicted octanol–water partition coefficient (Wildman–Crippen LogP) is 0.400. The third kappa shape index (κ3) is 2.39. The van der Waals surface area contributed by atoms with Crippen LogP contribution in [0.25, 0.3) is 0 Å². The number of hydrogen-bond acceptors (Lipinski definition) is 5. The Morgan fingerprint density at radius 2 is 2.17 bits per heavy atom. The summed E-state index contributed by atoms with van der Waals surface area (Å²) in [4.78, 5) is 29.2. The van der Waals surface area contributed by atoms with Crippen LogP contribution in [0.3, 0.4) is 0 Å². The van der Waals surface area contributed by atoms with E-state index in [-0.39, 0.29) is 18.0 Å². The van der Waals surface area contributed by atoms with Crippen LogP contribution in [0.2, 0.25) is 0 Å². The van der Waals surface area contributed by atoms with Gasteiger partial charge in [-0.2, -0.15) is 4.98 Å². The first kappa shape index (κ1) is 12.3. The molecule has 0 amide bonds. The lowest BCUT2D eigenvalue weighted by Gasteiger charge is -2.01. The first-order valence-corrected chi connectivity index (χ1v) is 5.60. The number of aromatic amines is 1. The second kappa shape index (κ2) is 4.59.